The minimum atomic E-state index is -6.01. The number of piperazine rings is 1. The van der Waals surface area contributed by atoms with Crippen molar-refractivity contribution in [1.29, 1.82) is 0 Å². The molecule has 10 nitrogen and oxygen atoms in total. The molecule has 286 valence electrons. The summed E-state index contributed by atoms with van der Waals surface area (Å²) in [5, 5.41) is 11.9. The number of hydrogen-bond acceptors (Lipinski definition) is 10. The summed E-state index contributed by atoms with van der Waals surface area (Å²) in [6, 6.07) is 18.7. The van der Waals surface area contributed by atoms with Gasteiger partial charge in [0.05, 0.1) is 10.6 Å². The first-order valence-corrected chi connectivity index (χ1v) is 21.3. The molecule has 0 aromatic heterocycles. The molecule has 1 saturated heterocycles. The van der Waals surface area contributed by atoms with E-state index in [-0.39, 0.29) is 17.9 Å². The number of alkyl halides is 3. The first-order chi connectivity index (χ1) is 24.8. The predicted molar refractivity (Wildman–Crippen MR) is 198 cm³/mol. The molecule has 1 atom stereocenters. The quantitative estimate of drug-likeness (QED) is 0.0924. The maximum Gasteiger partial charge on any atom is 0.501 e. The van der Waals surface area contributed by atoms with Gasteiger partial charge in [-0.25, -0.2) is 21.6 Å². The van der Waals surface area contributed by atoms with Gasteiger partial charge in [0.25, 0.3) is 25.8 Å². The molecule has 1 aliphatic rings. The number of aliphatic hydroxyl groups excluding tert-OH is 1. The Morgan fingerprint density at radius 1 is 0.788 bits per heavy atom. The zero-order chi connectivity index (χ0) is 37.6. The molecule has 0 saturated carbocycles. The van der Waals surface area contributed by atoms with E-state index in [9.17, 15) is 34.8 Å². The number of rotatable bonds is 20. The lowest BCUT2D eigenvalue weighted by molar-refractivity contribution is -0.0435. The van der Waals surface area contributed by atoms with Crippen LogP contribution in [0.1, 0.15) is 55.3 Å². The van der Waals surface area contributed by atoms with Crippen molar-refractivity contribution < 1.29 is 39.9 Å². The third kappa shape index (κ3) is 12.5. The maximum atomic E-state index is 14.0. The molecule has 1 amide bonds. The van der Waals surface area contributed by atoms with Crippen LogP contribution in [0.25, 0.3) is 0 Å². The second-order valence-corrected chi connectivity index (χ2v) is 17.4. The zero-order valence-electron chi connectivity index (χ0n) is 28.9. The van der Waals surface area contributed by atoms with Crippen LogP contribution in [0.2, 0.25) is 0 Å². The molecule has 1 aliphatic heterocycles. The Bertz CT molecular complexity index is 1780. The molecule has 0 spiro atoms. The molecule has 1 heterocycles. The van der Waals surface area contributed by atoms with Crippen molar-refractivity contribution in [1.82, 2.24) is 14.5 Å². The maximum absolute atomic E-state index is 14.0. The number of unbranched alkanes of at least 4 members (excludes halogenated alkanes) is 5. The Balaban J connectivity index is 1.48. The summed E-state index contributed by atoms with van der Waals surface area (Å²) in [7, 11) is -10.8. The fourth-order valence-corrected chi connectivity index (χ4v) is 8.84. The van der Waals surface area contributed by atoms with Crippen LogP contribution in [0, 0.1) is 0 Å². The van der Waals surface area contributed by atoms with E-state index in [1.807, 2.05) is 30.3 Å². The number of nitrogens with one attached hydrogen (secondary N) is 2. The van der Waals surface area contributed by atoms with E-state index in [2.05, 4.69) is 15.1 Å². The molecule has 3 N–H and O–H groups in total. The average Bonchev–Trinajstić information content (AvgIpc) is 3.13. The van der Waals surface area contributed by atoms with Crippen molar-refractivity contribution in [2.24, 2.45) is 0 Å². The minimum Gasteiger partial charge on any atom is -0.396 e. The van der Waals surface area contributed by atoms with Crippen LogP contribution >= 0.6 is 11.8 Å². The van der Waals surface area contributed by atoms with E-state index < -0.39 is 47.1 Å². The second kappa shape index (κ2) is 19.8. The number of hydrogen-bond donors (Lipinski definition) is 3. The monoisotopic (exact) mass is 784 g/mol. The van der Waals surface area contributed by atoms with Crippen LogP contribution < -0.4 is 10.0 Å². The summed E-state index contributed by atoms with van der Waals surface area (Å²) in [4.78, 5) is 16.2. The highest BCUT2D eigenvalue weighted by atomic mass is 32.2. The van der Waals surface area contributed by atoms with E-state index in [0.717, 1.165) is 88.3 Å². The van der Waals surface area contributed by atoms with Gasteiger partial charge in [-0.05, 0) is 68.3 Å². The van der Waals surface area contributed by atoms with E-state index in [4.69, 9.17) is 5.11 Å². The third-order valence-corrected chi connectivity index (χ3v) is 12.8. The van der Waals surface area contributed by atoms with E-state index in [1.165, 1.54) is 36.0 Å². The first kappa shape index (κ1) is 41.6. The predicted octanol–water partition coefficient (Wildman–Crippen LogP) is 6.01. The van der Waals surface area contributed by atoms with Crippen LogP contribution in [0.5, 0.6) is 0 Å². The van der Waals surface area contributed by atoms with Gasteiger partial charge >= 0.3 is 5.51 Å². The lowest BCUT2D eigenvalue weighted by Crippen LogP contribution is -2.47. The van der Waals surface area contributed by atoms with Gasteiger partial charge in [0.2, 0.25) is 0 Å². The summed E-state index contributed by atoms with van der Waals surface area (Å²) in [6.45, 7) is 5.31. The standard InChI is InChI=1S/C36H47F3N4O6S3/c37-36(38,39)51(46,47)34-27-32(52(48,49)41-35(45)29-13-7-5-8-14-29)17-18-33(34)40-30(28-50-31-15-9-6-10-16-31)19-21-43-24-22-42(23-25-43)20-11-3-1-2-4-12-26-44/h5-10,13-18,27,30,40,44H,1-4,11-12,19-26,28H2,(H,41,45)/t30-/m1/s1. The van der Waals surface area contributed by atoms with Gasteiger partial charge in [-0.1, -0.05) is 62.1 Å². The van der Waals surface area contributed by atoms with Gasteiger partial charge in [-0.15, -0.1) is 11.8 Å². The Hall–Kier alpha value is -3.15. The summed E-state index contributed by atoms with van der Waals surface area (Å²) in [5.74, 6) is -0.631. The van der Waals surface area contributed by atoms with Crippen molar-refractivity contribution in [3.05, 3.63) is 84.4 Å². The van der Waals surface area contributed by atoms with Gasteiger partial charge in [0.15, 0.2) is 0 Å². The molecule has 3 aromatic rings. The van der Waals surface area contributed by atoms with Crippen molar-refractivity contribution in [3.63, 3.8) is 0 Å². The molecular formula is C36H47F3N4O6S3. The molecule has 52 heavy (non-hydrogen) atoms. The lowest BCUT2D eigenvalue weighted by atomic mass is 10.1. The molecule has 16 heteroatoms. The molecule has 3 aromatic carbocycles. The van der Waals surface area contributed by atoms with Crippen LogP contribution in [0.3, 0.4) is 0 Å². The second-order valence-electron chi connectivity index (χ2n) is 12.7. The Morgan fingerprint density at radius 3 is 1.98 bits per heavy atom. The molecule has 0 unspecified atom stereocenters. The Labute approximate surface area is 309 Å². The number of thioether (sulfide) groups is 1. The number of carbonyl (C=O) groups excluding carboxylic acids is 1. The fourth-order valence-electron chi connectivity index (χ4n) is 5.83. The molecule has 0 radical (unpaired) electrons. The SMILES string of the molecule is O=C(NS(=O)(=O)c1ccc(N[C@H](CCN2CCN(CCCCCCCCO)CC2)CSc2ccccc2)c(S(=O)(=O)C(F)(F)F)c1)c1ccccc1. The van der Waals surface area contributed by atoms with Gasteiger partial charge in [-0.2, -0.15) is 13.2 Å². The highest BCUT2D eigenvalue weighted by molar-refractivity contribution is 7.99. The number of aliphatic hydroxyl groups is 1. The number of amides is 1. The number of nitrogens with zero attached hydrogens (tertiary/aromatic N) is 2. The van der Waals surface area contributed by atoms with Crippen LogP contribution in [-0.4, -0.2) is 101 Å². The number of halogens is 3. The fraction of sp³-hybridized carbons (Fsp3) is 0.472. The van der Waals surface area contributed by atoms with Crippen LogP contribution in [0.15, 0.2) is 93.5 Å². The van der Waals surface area contributed by atoms with Crippen LogP contribution in [0.4, 0.5) is 18.9 Å². The topological polar surface area (TPSA) is 136 Å². The third-order valence-electron chi connectivity index (χ3n) is 8.82. The van der Waals surface area contributed by atoms with Gasteiger partial charge in [-0.3, -0.25) is 4.79 Å². The molecule has 1 fully saturated rings. The number of sulfonamides is 1. The van der Waals surface area contributed by atoms with Crippen molar-refractivity contribution in [2.45, 2.75) is 71.2 Å². The number of sulfone groups is 1. The summed E-state index contributed by atoms with van der Waals surface area (Å²) >= 11 is 1.47. The van der Waals surface area contributed by atoms with Gasteiger partial charge in [0.1, 0.15) is 4.90 Å². The van der Waals surface area contributed by atoms with Crippen molar-refractivity contribution in [2.75, 3.05) is 56.9 Å². The largest absolute Gasteiger partial charge is 0.501 e. The van der Waals surface area contributed by atoms with Gasteiger partial charge in [0, 0.05) is 61.6 Å². The first-order valence-electron chi connectivity index (χ1n) is 17.4. The molecular weight excluding hydrogens is 738 g/mol. The molecule has 4 rings (SSSR count). The summed E-state index contributed by atoms with van der Waals surface area (Å²) in [5.41, 5.74) is -6.10. The number of benzene rings is 3. The normalized spacial score (nSPS) is 15.3. The number of anilines is 1. The highest BCUT2D eigenvalue weighted by Crippen LogP contribution is 2.36. The minimum absolute atomic E-state index is 0.00563. The lowest BCUT2D eigenvalue weighted by Gasteiger charge is -2.35. The summed E-state index contributed by atoms with van der Waals surface area (Å²) in [6.07, 6.45) is 6.94. The summed E-state index contributed by atoms with van der Waals surface area (Å²) < 4.78 is 95.7. The van der Waals surface area contributed by atoms with Gasteiger partial charge < -0.3 is 20.2 Å². The van der Waals surface area contributed by atoms with E-state index in [0.29, 0.717) is 24.8 Å². The molecule has 0 aliphatic carbocycles. The van der Waals surface area contributed by atoms with Crippen molar-refractivity contribution in [3.8, 4) is 0 Å². The van der Waals surface area contributed by atoms with Crippen molar-refractivity contribution >= 4 is 43.2 Å². The Kier molecular flexibility index (Phi) is 15.8. The number of carbonyl (C=O) groups is 1. The smallest absolute Gasteiger partial charge is 0.396 e. The molecule has 0 bridgehead atoms. The average molecular weight is 785 g/mol. The van der Waals surface area contributed by atoms with E-state index >= 15 is 0 Å². The van der Waals surface area contributed by atoms with Crippen LogP contribution in [-0.2, 0) is 19.9 Å². The van der Waals surface area contributed by atoms with E-state index in [1.54, 1.807) is 10.8 Å². The Morgan fingerprint density at radius 2 is 1.37 bits per heavy atom. The zero-order valence-corrected chi connectivity index (χ0v) is 31.4. The highest BCUT2D eigenvalue weighted by Gasteiger charge is 2.48.